The van der Waals surface area contributed by atoms with E-state index in [2.05, 4.69) is 21.2 Å². The Hall–Kier alpha value is -2.64. The number of carbonyl (C=O) groups is 2. The zero-order valence-electron chi connectivity index (χ0n) is 15.8. The molecule has 2 aromatic carbocycles. The number of carbonyl (C=O) groups excluding carboxylic acids is 2. The van der Waals surface area contributed by atoms with Crippen molar-refractivity contribution in [3.63, 3.8) is 0 Å². The largest absolute Gasteiger partial charge is 0.449 e. The Morgan fingerprint density at radius 2 is 2.00 bits per heavy atom. The van der Waals surface area contributed by atoms with Gasteiger partial charge in [0.05, 0.1) is 11.8 Å². The first-order valence-corrected chi connectivity index (χ1v) is 10.3. The molecule has 0 radical (unpaired) electrons. The third-order valence-electron chi connectivity index (χ3n) is 4.88. The van der Waals surface area contributed by atoms with Gasteiger partial charge >= 0.3 is 0 Å². The van der Waals surface area contributed by atoms with Crippen LogP contribution in [0.4, 0.5) is 5.69 Å². The average molecular weight is 457 g/mol. The maximum Gasteiger partial charge on any atom is 0.294 e. The van der Waals surface area contributed by atoms with Crippen LogP contribution in [0, 0.1) is 0 Å². The molecule has 2 amide bonds. The van der Waals surface area contributed by atoms with Gasteiger partial charge in [0, 0.05) is 17.6 Å². The Balaban J connectivity index is 1.55. The van der Waals surface area contributed by atoms with E-state index in [-0.39, 0.29) is 30.2 Å². The molecule has 2 heterocycles. The first-order chi connectivity index (χ1) is 14.1. The molecule has 2 aliphatic heterocycles. The van der Waals surface area contributed by atoms with Gasteiger partial charge in [0.1, 0.15) is 6.54 Å². The smallest absolute Gasteiger partial charge is 0.294 e. The molecule has 0 aromatic heterocycles. The number of amides is 2. The first-order valence-electron chi connectivity index (χ1n) is 9.55. The predicted octanol–water partition coefficient (Wildman–Crippen LogP) is 3.51. The van der Waals surface area contributed by atoms with Gasteiger partial charge in [-0.25, -0.2) is 0 Å². The molecule has 0 bridgehead atoms. The van der Waals surface area contributed by atoms with Crippen molar-refractivity contribution >= 4 is 39.5 Å². The number of ether oxygens (including phenoxy) is 2. The molecule has 2 aliphatic rings. The molecule has 1 unspecified atom stereocenters. The van der Waals surface area contributed by atoms with Crippen molar-refractivity contribution < 1.29 is 19.1 Å². The molecule has 1 fully saturated rings. The topological polar surface area (TPSA) is 67.9 Å². The molecule has 150 valence electrons. The summed E-state index contributed by atoms with van der Waals surface area (Å²) in [7, 11) is 0. The SMILES string of the molecule is O=C(CN1C(=O)C(=Cc2ccccc2Br)Oc2ccccc21)NCC1CCCO1. The van der Waals surface area contributed by atoms with Gasteiger partial charge in [-0.1, -0.05) is 46.3 Å². The number of rotatable bonds is 5. The third kappa shape index (κ3) is 4.52. The standard InChI is InChI=1S/C22H21BrN2O4/c23-17-8-2-1-6-15(17)12-20-22(27)25(18-9-3-4-10-19(18)29-20)14-21(26)24-13-16-7-5-11-28-16/h1-4,6,8-10,12,16H,5,7,11,13-14H2,(H,24,26). The van der Waals surface area contributed by atoms with Gasteiger partial charge in [-0.05, 0) is 42.7 Å². The summed E-state index contributed by atoms with van der Waals surface area (Å²) >= 11 is 3.48. The zero-order valence-corrected chi connectivity index (χ0v) is 17.4. The predicted molar refractivity (Wildman–Crippen MR) is 114 cm³/mol. The Labute approximate surface area is 177 Å². The maximum absolute atomic E-state index is 13.1. The van der Waals surface area contributed by atoms with Gasteiger partial charge in [0.25, 0.3) is 5.91 Å². The van der Waals surface area contributed by atoms with Gasteiger partial charge in [-0.3, -0.25) is 14.5 Å². The van der Waals surface area contributed by atoms with Crippen LogP contribution in [0.25, 0.3) is 6.08 Å². The molecule has 6 nitrogen and oxygen atoms in total. The number of nitrogens with zero attached hydrogens (tertiary/aromatic N) is 1. The Kier molecular flexibility index (Phi) is 5.97. The lowest BCUT2D eigenvalue weighted by Crippen LogP contribution is -2.45. The van der Waals surface area contributed by atoms with Crippen molar-refractivity contribution in [3.05, 3.63) is 64.3 Å². The highest BCUT2D eigenvalue weighted by Crippen LogP contribution is 2.35. The van der Waals surface area contributed by atoms with Gasteiger partial charge in [0.15, 0.2) is 11.5 Å². The van der Waals surface area contributed by atoms with Crippen molar-refractivity contribution in [3.8, 4) is 5.75 Å². The quantitative estimate of drug-likeness (QED) is 0.698. The number of fused-ring (bicyclic) bond motifs is 1. The van der Waals surface area contributed by atoms with Crippen molar-refractivity contribution in [2.24, 2.45) is 0 Å². The van der Waals surface area contributed by atoms with Gasteiger partial charge in [-0.2, -0.15) is 0 Å². The minimum Gasteiger partial charge on any atom is -0.449 e. The van der Waals surface area contributed by atoms with Crippen LogP contribution in [0.15, 0.2) is 58.8 Å². The highest BCUT2D eigenvalue weighted by Gasteiger charge is 2.31. The lowest BCUT2D eigenvalue weighted by molar-refractivity contribution is -0.123. The fraction of sp³-hybridized carbons (Fsp3) is 0.273. The van der Waals surface area contributed by atoms with Crippen LogP contribution in [-0.4, -0.2) is 37.6 Å². The number of nitrogens with one attached hydrogen (secondary N) is 1. The molecule has 4 rings (SSSR count). The molecule has 0 aliphatic carbocycles. The number of hydrogen-bond acceptors (Lipinski definition) is 4. The first kappa shape index (κ1) is 19.7. The summed E-state index contributed by atoms with van der Waals surface area (Å²) in [5, 5.41) is 2.87. The van der Waals surface area contributed by atoms with Crippen LogP contribution in [0.1, 0.15) is 18.4 Å². The minimum absolute atomic E-state index is 0.0533. The summed E-state index contributed by atoms with van der Waals surface area (Å²) < 4.78 is 12.2. The molecule has 0 saturated carbocycles. The summed E-state index contributed by atoms with van der Waals surface area (Å²) in [5.74, 6) is 0.123. The molecule has 2 aromatic rings. The number of anilines is 1. The van der Waals surface area contributed by atoms with Crippen LogP contribution in [-0.2, 0) is 14.3 Å². The van der Waals surface area contributed by atoms with E-state index in [0.29, 0.717) is 18.0 Å². The van der Waals surface area contributed by atoms with Crippen LogP contribution < -0.4 is 15.0 Å². The van der Waals surface area contributed by atoms with E-state index >= 15 is 0 Å². The number of hydrogen-bond donors (Lipinski definition) is 1. The highest BCUT2D eigenvalue weighted by molar-refractivity contribution is 9.10. The van der Waals surface area contributed by atoms with E-state index in [1.54, 1.807) is 18.2 Å². The van der Waals surface area contributed by atoms with Gasteiger partial charge in [0.2, 0.25) is 5.91 Å². The fourth-order valence-corrected chi connectivity index (χ4v) is 3.78. The van der Waals surface area contributed by atoms with E-state index in [0.717, 1.165) is 29.5 Å². The molecule has 1 atom stereocenters. The van der Waals surface area contributed by atoms with Crippen LogP contribution in [0.3, 0.4) is 0 Å². The summed E-state index contributed by atoms with van der Waals surface area (Å²) in [4.78, 5) is 27.1. The molecule has 1 N–H and O–H groups in total. The normalized spacial score (nSPS) is 19.8. The monoisotopic (exact) mass is 456 g/mol. The van der Waals surface area contributed by atoms with Crippen molar-refractivity contribution in [1.29, 1.82) is 0 Å². The Morgan fingerprint density at radius 1 is 1.21 bits per heavy atom. The van der Waals surface area contributed by atoms with E-state index < -0.39 is 0 Å². The highest BCUT2D eigenvalue weighted by atomic mass is 79.9. The second kappa shape index (κ2) is 8.80. The van der Waals surface area contributed by atoms with Gasteiger partial charge < -0.3 is 14.8 Å². The van der Waals surface area contributed by atoms with E-state index in [4.69, 9.17) is 9.47 Å². The number of benzene rings is 2. The fourth-order valence-electron chi connectivity index (χ4n) is 3.39. The van der Waals surface area contributed by atoms with Crippen molar-refractivity contribution in [2.45, 2.75) is 18.9 Å². The van der Waals surface area contributed by atoms with Crippen molar-refractivity contribution in [1.82, 2.24) is 5.32 Å². The average Bonchev–Trinajstić information content (AvgIpc) is 3.25. The Morgan fingerprint density at radius 3 is 2.79 bits per heavy atom. The molecule has 0 spiro atoms. The maximum atomic E-state index is 13.1. The minimum atomic E-state index is -0.355. The Bertz CT molecular complexity index is 953. The second-order valence-corrected chi connectivity index (χ2v) is 7.78. The lowest BCUT2D eigenvalue weighted by atomic mass is 10.1. The van der Waals surface area contributed by atoms with Crippen LogP contribution in [0.5, 0.6) is 5.75 Å². The lowest BCUT2D eigenvalue weighted by Gasteiger charge is -2.30. The third-order valence-corrected chi connectivity index (χ3v) is 5.60. The second-order valence-electron chi connectivity index (χ2n) is 6.93. The van der Waals surface area contributed by atoms with Crippen LogP contribution >= 0.6 is 15.9 Å². The van der Waals surface area contributed by atoms with E-state index in [9.17, 15) is 9.59 Å². The summed E-state index contributed by atoms with van der Waals surface area (Å²) in [6.45, 7) is 1.11. The van der Waals surface area contributed by atoms with E-state index in [1.807, 2.05) is 36.4 Å². The van der Waals surface area contributed by atoms with E-state index in [1.165, 1.54) is 4.90 Å². The van der Waals surface area contributed by atoms with Crippen LogP contribution in [0.2, 0.25) is 0 Å². The summed E-state index contributed by atoms with van der Waals surface area (Å²) in [6, 6.07) is 14.8. The number of halogens is 1. The number of para-hydroxylation sites is 2. The molecule has 7 heteroatoms. The summed E-state index contributed by atoms with van der Waals surface area (Å²) in [6.07, 6.45) is 3.69. The molecule has 29 heavy (non-hydrogen) atoms. The van der Waals surface area contributed by atoms with Gasteiger partial charge in [-0.15, -0.1) is 0 Å². The zero-order chi connectivity index (χ0) is 20.2. The van der Waals surface area contributed by atoms with Crippen molar-refractivity contribution in [2.75, 3.05) is 24.6 Å². The summed E-state index contributed by atoms with van der Waals surface area (Å²) in [5.41, 5.74) is 1.40. The molecule has 1 saturated heterocycles. The molecular formula is C22H21BrN2O4. The molecular weight excluding hydrogens is 436 g/mol.